The molecule has 4 rings (SSSR count). The first-order valence-electron chi connectivity index (χ1n) is 11.8. The summed E-state index contributed by atoms with van der Waals surface area (Å²) in [7, 11) is -3.67. The molecule has 2 aromatic carbocycles. The zero-order valence-electron chi connectivity index (χ0n) is 19.9. The van der Waals surface area contributed by atoms with E-state index in [-0.39, 0.29) is 16.4 Å². The van der Waals surface area contributed by atoms with E-state index in [0.29, 0.717) is 24.3 Å². The Morgan fingerprint density at radius 2 is 1.85 bits per heavy atom. The van der Waals surface area contributed by atoms with Crippen molar-refractivity contribution in [2.24, 2.45) is 0 Å². The van der Waals surface area contributed by atoms with Gasteiger partial charge in [-0.25, -0.2) is 8.42 Å². The number of aromatic nitrogens is 3. The molecular formula is C25H31N5O3S. The largest absolute Gasteiger partial charge is 0.322 e. The van der Waals surface area contributed by atoms with Gasteiger partial charge in [0, 0.05) is 42.9 Å². The summed E-state index contributed by atoms with van der Waals surface area (Å²) in [4.78, 5) is 13.2. The quantitative estimate of drug-likeness (QED) is 0.544. The third-order valence-electron chi connectivity index (χ3n) is 6.26. The standard InChI is InChI=1S/C25H31N5O3S/c1-4-29(5-2)34(32,33)22-17-20(14-13-18(22)3)25(31)26-21-11-9-10-19(16-21)24-28-27-23-12-7-6-8-15-30(23)24/h9-11,13-14,16-17H,4-8,12,15H2,1-3H3,(H,26,31). The fourth-order valence-electron chi connectivity index (χ4n) is 4.36. The van der Waals surface area contributed by atoms with Crippen LogP contribution in [0.25, 0.3) is 11.4 Å². The number of hydrogen-bond acceptors (Lipinski definition) is 5. The summed E-state index contributed by atoms with van der Waals surface area (Å²) in [5, 5.41) is 11.7. The van der Waals surface area contributed by atoms with Crippen LogP contribution in [-0.2, 0) is 23.0 Å². The van der Waals surface area contributed by atoms with Gasteiger partial charge in [0.2, 0.25) is 10.0 Å². The molecule has 0 radical (unpaired) electrons. The third kappa shape index (κ3) is 4.76. The summed E-state index contributed by atoms with van der Waals surface area (Å²) in [6, 6.07) is 12.3. The fraction of sp³-hybridized carbons (Fsp3) is 0.400. The normalized spacial score (nSPS) is 14.0. The molecule has 1 aliphatic rings. The highest BCUT2D eigenvalue weighted by atomic mass is 32.2. The summed E-state index contributed by atoms with van der Waals surface area (Å²) in [6.07, 6.45) is 4.33. The SMILES string of the molecule is CCN(CC)S(=O)(=O)c1cc(C(=O)Nc2cccc(-c3nnc4n3CCCCC4)c2)ccc1C. The number of carbonyl (C=O) groups excluding carboxylic acids is 1. The summed E-state index contributed by atoms with van der Waals surface area (Å²) in [5.41, 5.74) is 2.39. The van der Waals surface area contributed by atoms with Crippen LogP contribution < -0.4 is 5.32 Å². The van der Waals surface area contributed by atoms with Gasteiger partial charge in [-0.05, 0) is 49.6 Å². The summed E-state index contributed by atoms with van der Waals surface area (Å²) >= 11 is 0. The molecule has 3 aromatic rings. The molecule has 0 unspecified atom stereocenters. The zero-order valence-corrected chi connectivity index (χ0v) is 20.7. The third-order valence-corrected chi connectivity index (χ3v) is 8.45. The minimum Gasteiger partial charge on any atom is -0.322 e. The van der Waals surface area contributed by atoms with E-state index < -0.39 is 10.0 Å². The van der Waals surface area contributed by atoms with Crippen molar-refractivity contribution >= 4 is 21.6 Å². The lowest BCUT2D eigenvalue weighted by Crippen LogP contribution is -2.31. The lowest BCUT2D eigenvalue weighted by molar-refractivity contribution is 0.102. The maximum Gasteiger partial charge on any atom is 0.255 e. The van der Waals surface area contributed by atoms with Gasteiger partial charge in [0.1, 0.15) is 5.82 Å². The van der Waals surface area contributed by atoms with E-state index in [2.05, 4.69) is 20.1 Å². The van der Waals surface area contributed by atoms with Crippen molar-refractivity contribution in [3.8, 4) is 11.4 Å². The van der Waals surface area contributed by atoms with Gasteiger partial charge in [-0.15, -0.1) is 10.2 Å². The summed E-state index contributed by atoms with van der Waals surface area (Å²) < 4.78 is 29.6. The van der Waals surface area contributed by atoms with Crippen LogP contribution in [0.15, 0.2) is 47.4 Å². The van der Waals surface area contributed by atoms with Crippen molar-refractivity contribution in [3.63, 3.8) is 0 Å². The van der Waals surface area contributed by atoms with E-state index in [0.717, 1.165) is 43.0 Å². The number of aryl methyl sites for hydroxylation is 2. The number of fused-ring (bicyclic) bond motifs is 1. The minimum absolute atomic E-state index is 0.156. The van der Waals surface area contributed by atoms with E-state index in [1.807, 2.05) is 24.3 Å². The number of anilines is 1. The Morgan fingerprint density at radius 3 is 2.62 bits per heavy atom. The average molecular weight is 482 g/mol. The van der Waals surface area contributed by atoms with Crippen molar-refractivity contribution in [2.45, 2.75) is 57.9 Å². The van der Waals surface area contributed by atoms with Crippen LogP contribution in [-0.4, -0.2) is 46.5 Å². The predicted octanol–water partition coefficient (Wildman–Crippen LogP) is 4.26. The Bertz CT molecular complexity index is 1300. The van der Waals surface area contributed by atoms with Crippen molar-refractivity contribution in [1.29, 1.82) is 0 Å². The van der Waals surface area contributed by atoms with Gasteiger partial charge >= 0.3 is 0 Å². The molecule has 0 saturated carbocycles. The maximum atomic E-state index is 13.0. The Kier molecular flexibility index (Phi) is 7.13. The van der Waals surface area contributed by atoms with Gasteiger partial charge in [-0.2, -0.15) is 4.31 Å². The first-order valence-corrected chi connectivity index (χ1v) is 13.2. The second-order valence-corrected chi connectivity index (χ2v) is 10.4. The first kappa shape index (κ1) is 24.1. The zero-order chi connectivity index (χ0) is 24.3. The molecule has 0 atom stereocenters. The van der Waals surface area contributed by atoms with Crippen molar-refractivity contribution < 1.29 is 13.2 Å². The number of nitrogens with zero attached hydrogens (tertiary/aromatic N) is 4. The molecular weight excluding hydrogens is 450 g/mol. The van der Waals surface area contributed by atoms with Gasteiger partial charge in [-0.1, -0.05) is 38.5 Å². The van der Waals surface area contributed by atoms with Gasteiger partial charge < -0.3 is 9.88 Å². The number of sulfonamides is 1. The van der Waals surface area contributed by atoms with Crippen LogP contribution in [0.5, 0.6) is 0 Å². The van der Waals surface area contributed by atoms with E-state index in [9.17, 15) is 13.2 Å². The van der Waals surface area contributed by atoms with Crippen LogP contribution in [0.3, 0.4) is 0 Å². The second kappa shape index (κ2) is 10.1. The molecule has 9 heteroatoms. The van der Waals surface area contributed by atoms with Crippen LogP contribution in [0.1, 0.15) is 54.9 Å². The fourth-order valence-corrected chi connectivity index (χ4v) is 6.07. The highest BCUT2D eigenvalue weighted by Gasteiger charge is 2.25. The lowest BCUT2D eigenvalue weighted by atomic mass is 10.1. The average Bonchev–Trinajstić information content (AvgIpc) is 3.08. The van der Waals surface area contributed by atoms with Crippen LogP contribution in [0.2, 0.25) is 0 Å². The summed E-state index contributed by atoms with van der Waals surface area (Å²) in [6.45, 7) is 6.97. The highest BCUT2D eigenvalue weighted by Crippen LogP contribution is 2.26. The van der Waals surface area contributed by atoms with Crippen molar-refractivity contribution in [3.05, 3.63) is 59.4 Å². The molecule has 0 saturated heterocycles. The first-order chi connectivity index (χ1) is 16.3. The minimum atomic E-state index is -3.67. The maximum absolute atomic E-state index is 13.0. The topological polar surface area (TPSA) is 97.2 Å². The van der Waals surface area contributed by atoms with E-state index in [1.165, 1.54) is 16.8 Å². The van der Waals surface area contributed by atoms with Crippen LogP contribution >= 0.6 is 0 Å². The van der Waals surface area contributed by atoms with E-state index >= 15 is 0 Å². The molecule has 0 aliphatic carbocycles. The lowest BCUT2D eigenvalue weighted by Gasteiger charge is -2.20. The van der Waals surface area contributed by atoms with Crippen LogP contribution in [0, 0.1) is 6.92 Å². The van der Waals surface area contributed by atoms with Gasteiger partial charge in [0.15, 0.2) is 5.82 Å². The Morgan fingerprint density at radius 1 is 1.06 bits per heavy atom. The molecule has 2 heterocycles. The number of carbonyl (C=O) groups is 1. The van der Waals surface area contributed by atoms with E-state index in [4.69, 9.17) is 0 Å². The monoisotopic (exact) mass is 481 g/mol. The Balaban J connectivity index is 1.60. The molecule has 180 valence electrons. The Hall–Kier alpha value is -3.04. The number of rotatable bonds is 7. The highest BCUT2D eigenvalue weighted by molar-refractivity contribution is 7.89. The van der Waals surface area contributed by atoms with Gasteiger partial charge in [0.25, 0.3) is 5.91 Å². The molecule has 1 aliphatic heterocycles. The van der Waals surface area contributed by atoms with Crippen LogP contribution in [0.4, 0.5) is 5.69 Å². The molecule has 0 bridgehead atoms. The molecule has 0 fully saturated rings. The smallest absolute Gasteiger partial charge is 0.255 e. The van der Waals surface area contributed by atoms with Crippen molar-refractivity contribution in [2.75, 3.05) is 18.4 Å². The summed E-state index contributed by atoms with van der Waals surface area (Å²) in [5.74, 6) is 1.44. The van der Waals surface area contributed by atoms with Gasteiger partial charge in [-0.3, -0.25) is 4.79 Å². The molecule has 34 heavy (non-hydrogen) atoms. The number of benzene rings is 2. The molecule has 8 nitrogen and oxygen atoms in total. The molecule has 1 aromatic heterocycles. The molecule has 1 N–H and O–H groups in total. The predicted molar refractivity (Wildman–Crippen MR) is 132 cm³/mol. The number of amides is 1. The van der Waals surface area contributed by atoms with E-state index in [1.54, 1.807) is 32.9 Å². The molecule has 1 amide bonds. The Labute approximate surface area is 201 Å². The second-order valence-electron chi connectivity index (χ2n) is 8.51. The number of hydrogen-bond donors (Lipinski definition) is 1. The number of nitrogens with one attached hydrogen (secondary N) is 1. The van der Waals surface area contributed by atoms with Gasteiger partial charge in [0.05, 0.1) is 4.90 Å². The molecule has 0 spiro atoms. The van der Waals surface area contributed by atoms with Crippen molar-refractivity contribution in [1.82, 2.24) is 19.1 Å².